The number of hydrogen-bond donors (Lipinski definition) is 1. The second kappa shape index (κ2) is 9.56. The van der Waals surface area contributed by atoms with Gasteiger partial charge in [0.1, 0.15) is 22.7 Å². The lowest BCUT2D eigenvalue weighted by Gasteiger charge is -2.42. The van der Waals surface area contributed by atoms with Gasteiger partial charge in [-0.3, -0.25) is 9.69 Å². The van der Waals surface area contributed by atoms with E-state index in [0.29, 0.717) is 16.6 Å². The molecule has 2 saturated heterocycles. The van der Waals surface area contributed by atoms with Crippen molar-refractivity contribution in [2.75, 3.05) is 31.1 Å². The third-order valence-corrected chi connectivity index (χ3v) is 7.18. The van der Waals surface area contributed by atoms with Crippen LogP contribution in [0.4, 0.5) is 18.3 Å². The Bertz CT molecular complexity index is 918. The van der Waals surface area contributed by atoms with Crippen LogP contribution in [0.15, 0.2) is 24.4 Å². The molecule has 9 heteroatoms. The normalized spacial score (nSPS) is 23.5. The maximum absolute atomic E-state index is 14.9. The number of thiazole rings is 1. The van der Waals surface area contributed by atoms with E-state index in [2.05, 4.69) is 15.2 Å². The zero-order valence-electron chi connectivity index (χ0n) is 17.5. The Morgan fingerprint density at radius 1 is 1.23 bits per heavy atom. The number of piperidine rings is 2. The van der Waals surface area contributed by atoms with Gasteiger partial charge in [-0.1, -0.05) is 17.8 Å². The number of hydrogen-bond acceptors (Lipinski definition) is 5. The first kappa shape index (κ1) is 22.1. The Hall–Kier alpha value is -2.13. The number of amides is 1. The largest absolute Gasteiger partial charge is 0.345 e. The van der Waals surface area contributed by atoms with Crippen LogP contribution in [0.2, 0.25) is 0 Å². The molecule has 3 heterocycles. The number of carbonyl (C=O) groups is 1. The first-order valence-corrected chi connectivity index (χ1v) is 11.6. The van der Waals surface area contributed by atoms with Gasteiger partial charge in [0.2, 0.25) is 0 Å². The Balaban J connectivity index is 1.36. The van der Waals surface area contributed by atoms with E-state index in [0.717, 1.165) is 50.6 Å². The van der Waals surface area contributed by atoms with Crippen molar-refractivity contribution in [1.29, 1.82) is 0 Å². The van der Waals surface area contributed by atoms with E-state index >= 15 is 0 Å². The minimum absolute atomic E-state index is 0.0405. The van der Waals surface area contributed by atoms with E-state index in [4.69, 9.17) is 0 Å². The maximum atomic E-state index is 14.9. The number of benzene rings is 1. The highest BCUT2D eigenvalue weighted by Gasteiger charge is 2.35. The topological polar surface area (TPSA) is 48.5 Å². The maximum Gasteiger partial charge on any atom is 0.263 e. The summed E-state index contributed by atoms with van der Waals surface area (Å²) in [6.45, 7) is 4.49. The van der Waals surface area contributed by atoms with Crippen LogP contribution in [0.3, 0.4) is 0 Å². The molecular weight excluding hydrogens is 425 g/mol. The van der Waals surface area contributed by atoms with E-state index in [-0.39, 0.29) is 18.2 Å². The Labute approximate surface area is 184 Å². The van der Waals surface area contributed by atoms with Gasteiger partial charge in [-0.15, -0.1) is 0 Å². The minimum Gasteiger partial charge on any atom is -0.345 e. The number of nitrogens with one attached hydrogen (secondary N) is 1. The molecule has 0 bridgehead atoms. The average Bonchev–Trinajstić information content (AvgIpc) is 3.26. The molecule has 1 aromatic carbocycles. The van der Waals surface area contributed by atoms with Crippen LogP contribution < -0.4 is 10.2 Å². The summed E-state index contributed by atoms with van der Waals surface area (Å²) in [5.41, 5.74) is 0.0816. The van der Waals surface area contributed by atoms with Crippen molar-refractivity contribution in [3.05, 3.63) is 46.5 Å². The van der Waals surface area contributed by atoms with Crippen LogP contribution in [0.1, 0.15) is 53.9 Å². The molecule has 5 nitrogen and oxygen atoms in total. The third kappa shape index (κ3) is 5.03. The average molecular weight is 453 g/mol. The Kier molecular flexibility index (Phi) is 6.81. The lowest BCUT2D eigenvalue weighted by Crippen LogP contribution is -2.53. The SMILES string of the molecule is CC(NC(=O)c1cnc(N2CCC(N3CCCCC3)C(F)C2)s1)c1cc(F)ccc1F. The predicted molar refractivity (Wildman–Crippen MR) is 115 cm³/mol. The number of rotatable bonds is 5. The van der Waals surface area contributed by atoms with Gasteiger partial charge in [0.15, 0.2) is 5.13 Å². The van der Waals surface area contributed by atoms with Crippen molar-refractivity contribution in [3.8, 4) is 0 Å². The molecule has 0 radical (unpaired) electrons. The summed E-state index contributed by atoms with van der Waals surface area (Å²) < 4.78 is 42.3. The number of anilines is 1. The fraction of sp³-hybridized carbons (Fsp3) is 0.545. The molecule has 3 unspecified atom stereocenters. The summed E-state index contributed by atoms with van der Waals surface area (Å²) >= 11 is 1.19. The lowest BCUT2D eigenvalue weighted by atomic mass is 9.98. The van der Waals surface area contributed by atoms with Crippen molar-refractivity contribution in [2.24, 2.45) is 0 Å². The van der Waals surface area contributed by atoms with Gasteiger partial charge >= 0.3 is 0 Å². The molecule has 31 heavy (non-hydrogen) atoms. The van der Waals surface area contributed by atoms with Crippen LogP contribution in [-0.4, -0.2) is 54.2 Å². The highest BCUT2D eigenvalue weighted by Crippen LogP contribution is 2.30. The van der Waals surface area contributed by atoms with Crippen LogP contribution in [0, 0.1) is 11.6 Å². The van der Waals surface area contributed by atoms with E-state index in [1.54, 1.807) is 6.92 Å². The van der Waals surface area contributed by atoms with Crippen molar-refractivity contribution >= 4 is 22.4 Å². The van der Waals surface area contributed by atoms with Crippen LogP contribution >= 0.6 is 11.3 Å². The van der Waals surface area contributed by atoms with Gasteiger partial charge in [-0.2, -0.15) is 0 Å². The quantitative estimate of drug-likeness (QED) is 0.734. The summed E-state index contributed by atoms with van der Waals surface area (Å²) in [6, 6.07) is 2.41. The number of alkyl halides is 1. The fourth-order valence-corrected chi connectivity index (χ4v) is 5.29. The molecule has 1 N–H and O–H groups in total. The third-order valence-electron chi connectivity index (χ3n) is 6.13. The molecule has 2 aliphatic heterocycles. The second-order valence-electron chi connectivity index (χ2n) is 8.28. The van der Waals surface area contributed by atoms with Crippen LogP contribution in [0.25, 0.3) is 0 Å². The molecule has 0 saturated carbocycles. The summed E-state index contributed by atoms with van der Waals surface area (Å²) in [5, 5.41) is 3.29. The van der Waals surface area contributed by atoms with E-state index in [1.165, 1.54) is 24.0 Å². The lowest BCUT2D eigenvalue weighted by molar-refractivity contribution is 0.0767. The zero-order chi connectivity index (χ0) is 22.0. The first-order chi connectivity index (χ1) is 14.9. The Morgan fingerprint density at radius 3 is 2.74 bits per heavy atom. The molecule has 0 aliphatic carbocycles. The molecule has 3 atom stereocenters. The number of aromatic nitrogens is 1. The van der Waals surface area contributed by atoms with Crippen molar-refractivity contribution in [3.63, 3.8) is 0 Å². The van der Waals surface area contributed by atoms with E-state index in [9.17, 15) is 18.0 Å². The number of carbonyl (C=O) groups excluding carboxylic acids is 1. The van der Waals surface area contributed by atoms with Gasteiger partial charge in [0, 0.05) is 18.2 Å². The molecule has 1 amide bonds. The molecule has 4 rings (SSSR count). The first-order valence-electron chi connectivity index (χ1n) is 10.8. The van der Waals surface area contributed by atoms with Gasteiger partial charge in [0.05, 0.1) is 18.8 Å². The summed E-state index contributed by atoms with van der Waals surface area (Å²) in [4.78, 5) is 21.4. The highest BCUT2D eigenvalue weighted by atomic mass is 32.1. The molecule has 0 spiro atoms. The summed E-state index contributed by atoms with van der Waals surface area (Å²) in [5.74, 6) is -1.56. The number of nitrogens with zero attached hydrogens (tertiary/aromatic N) is 3. The minimum atomic E-state index is -0.955. The van der Waals surface area contributed by atoms with Crippen molar-refractivity contribution in [2.45, 2.75) is 50.9 Å². The number of halogens is 3. The van der Waals surface area contributed by atoms with Crippen LogP contribution in [0.5, 0.6) is 0 Å². The second-order valence-corrected chi connectivity index (χ2v) is 9.29. The van der Waals surface area contributed by atoms with Crippen molar-refractivity contribution in [1.82, 2.24) is 15.2 Å². The highest BCUT2D eigenvalue weighted by molar-refractivity contribution is 7.17. The van der Waals surface area contributed by atoms with E-state index < -0.39 is 29.8 Å². The van der Waals surface area contributed by atoms with Crippen molar-refractivity contribution < 1.29 is 18.0 Å². The predicted octanol–water partition coefficient (Wildman–Crippen LogP) is 4.32. The molecule has 1 aromatic heterocycles. The zero-order valence-corrected chi connectivity index (χ0v) is 18.3. The monoisotopic (exact) mass is 452 g/mol. The summed E-state index contributed by atoms with van der Waals surface area (Å²) in [6.07, 6.45) is 4.72. The standard InChI is InChI=1S/C22H27F3N4OS/c1-14(16-11-15(23)5-6-17(16)24)27-21(30)20-12-26-22(31-20)29-10-7-19(18(25)13-29)28-8-3-2-4-9-28/h5-6,11-12,14,18-19H,2-4,7-10,13H2,1H3,(H,27,30). The molecule has 2 aliphatic rings. The smallest absolute Gasteiger partial charge is 0.263 e. The number of likely N-dealkylation sites (tertiary alicyclic amines) is 1. The van der Waals surface area contributed by atoms with Gasteiger partial charge in [-0.05, 0) is 57.5 Å². The molecular formula is C22H27F3N4OS. The van der Waals surface area contributed by atoms with Gasteiger partial charge in [-0.25, -0.2) is 18.2 Å². The fourth-order valence-electron chi connectivity index (χ4n) is 4.44. The molecule has 2 aromatic rings. The molecule has 168 valence electrons. The van der Waals surface area contributed by atoms with Gasteiger partial charge in [0.25, 0.3) is 5.91 Å². The Morgan fingerprint density at radius 2 is 2.00 bits per heavy atom. The molecule has 2 fully saturated rings. The summed E-state index contributed by atoms with van der Waals surface area (Å²) in [7, 11) is 0. The van der Waals surface area contributed by atoms with Crippen LogP contribution in [-0.2, 0) is 0 Å². The van der Waals surface area contributed by atoms with Gasteiger partial charge < -0.3 is 10.2 Å². The van der Waals surface area contributed by atoms with E-state index in [1.807, 2.05) is 4.90 Å².